The Balaban J connectivity index is 2.37. The first-order chi connectivity index (χ1) is 8.18. The Morgan fingerprint density at radius 1 is 1.24 bits per heavy atom. The number of pyridine rings is 2. The first-order valence-electron chi connectivity index (χ1n) is 4.65. The van der Waals surface area contributed by atoms with Crippen molar-refractivity contribution in [2.45, 2.75) is 0 Å². The van der Waals surface area contributed by atoms with Crippen molar-refractivity contribution in [1.29, 1.82) is 0 Å². The van der Waals surface area contributed by atoms with Crippen LogP contribution in [0.1, 0.15) is 10.5 Å². The maximum absolute atomic E-state index is 13.3. The molecule has 0 saturated carbocycles. The van der Waals surface area contributed by atoms with Gasteiger partial charge in [-0.1, -0.05) is 0 Å². The quantitative estimate of drug-likeness (QED) is 0.880. The van der Waals surface area contributed by atoms with Crippen molar-refractivity contribution in [2.24, 2.45) is 0 Å². The molecule has 0 aliphatic heterocycles. The second-order valence-electron chi connectivity index (χ2n) is 3.05. The molecule has 2 aromatic heterocycles. The lowest BCUT2D eigenvalue weighted by Gasteiger charge is -2.06. The summed E-state index contributed by atoms with van der Waals surface area (Å²) in [5.74, 6) is -2.27. The molecule has 2 heterocycles. The third kappa shape index (κ3) is 2.36. The number of hydrogen-bond acceptors (Lipinski definition) is 4. The van der Waals surface area contributed by atoms with Crippen molar-refractivity contribution in [3.63, 3.8) is 0 Å². The van der Waals surface area contributed by atoms with Crippen LogP contribution in [-0.2, 0) is 0 Å². The van der Waals surface area contributed by atoms with Crippen LogP contribution in [-0.4, -0.2) is 21.0 Å². The maximum Gasteiger partial charge on any atom is 0.358 e. The molecule has 0 aromatic carbocycles. The second-order valence-corrected chi connectivity index (χ2v) is 3.05. The molecule has 2 rings (SSSR count). The third-order valence-electron chi connectivity index (χ3n) is 1.90. The highest BCUT2D eigenvalue weighted by molar-refractivity contribution is 5.88. The minimum atomic E-state index is -1.25. The summed E-state index contributed by atoms with van der Waals surface area (Å²) in [4.78, 5) is 18.1. The van der Waals surface area contributed by atoms with Gasteiger partial charge in [0.25, 0.3) is 5.88 Å². The van der Waals surface area contributed by atoms with Crippen LogP contribution in [0.3, 0.4) is 0 Å². The molecule has 5 nitrogen and oxygen atoms in total. The van der Waals surface area contributed by atoms with Crippen LogP contribution < -0.4 is 4.74 Å². The van der Waals surface area contributed by atoms with Gasteiger partial charge in [0, 0.05) is 12.4 Å². The second kappa shape index (κ2) is 4.56. The summed E-state index contributed by atoms with van der Waals surface area (Å²) in [6.07, 6.45) is 2.65. The number of aromatic nitrogens is 2. The molecule has 0 saturated heterocycles. The number of rotatable bonds is 3. The zero-order valence-electron chi connectivity index (χ0n) is 8.50. The van der Waals surface area contributed by atoms with Crippen molar-refractivity contribution in [2.75, 3.05) is 0 Å². The number of hydrogen-bond donors (Lipinski definition) is 1. The predicted octanol–water partition coefficient (Wildman–Crippen LogP) is 2.11. The smallest absolute Gasteiger partial charge is 0.358 e. The lowest BCUT2D eigenvalue weighted by Crippen LogP contribution is -2.03. The number of halogens is 1. The fourth-order valence-electron chi connectivity index (χ4n) is 1.18. The van der Waals surface area contributed by atoms with Gasteiger partial charge in [0.1, 0.15) is 0 Å². The third-order valence-corrected chi connectivity index (χ3v) is 1.90. The van der Waals surface area contributed by atoms with Gasteiger partial charge in [-0.3, -0.25) is 0 Å². The molecule has 0 bridgehead atoms. The molecule has 1 N–H and O–H groups in total. The Morgan fingerprint density at radius 3 is 2.65 bits per heavy atom. The van der Waals surface area contributed by atoms with Crippen LogP contribution in [0, 0.1) is 5.82 Å². The Morgan fingerprint density at radius 2 is 1.94 bits per heavy atom. The van der Waals surface area contributed by atoms with Crippen LogP contribution in [0.4, 0.5) is 4.39 Å². The van der Waals surface area contributed by atoms with E-state index >= 15 is 0 Å². The molecule has 86 valence electrons. The summed E-state index contributed by atoms with van der Waals surface area (Å²) in [6, 6.07) is 5.44. The molecule has 17 heavy (non-hydrogen) atoms. The molecule has 0 atom stereocenters. The van der Waals surface area contributed by atoms with Crippen LogP contribution in [0.2, 0.25) is 0 Å². The van der Waals surface area contributed by atoms with Gasteiger partial charge in [-0.05, 0) is 24.3 Å². The van der Waals surface area contributed by atoms with Crippen LogP contribution >= 0.6 is 0 Å². The number of carboxylic acids is 1. The molecule has 0 unspecified atom stereocenters. The van der Waals surface area contributed by atoms with E-state index in [0.717, 1.165) is 0 Å². The van der Waals surface area contributed by atoms with E-state index in [9.17, 15) is 9.18 Å². The van der Waals surface area contributed by atoms with E-state index in [1.165, 1.54) is 36.7 Å². The highest BCUT2D eigenvalue weighted by atomic mass is 19.1. The summed E-state index contributed by atoms with van der Waals surface area (Å²) in [6.45, 7) is 0. The molecule has 6 heteroatoms. The number of carboxylic acid groups (broad SMARTS) is 1. The first kappa shape index (κ1) is 11.0. The summed E-state index contributed by atoms with van der Waals surface area (Å²) >= 11 is 0. The number of aromatic carboxylic acids is 1. The van der Waals surface area contributed by atoms with E-state index in [0.29, 0.717) is 0 Å². The summed E-state index contributed by atoms with van der Waals surface area (Å²) < 4.78 is 18.3. The normalized spacial score (nSPS) is 9.94. The number of nitrogens with zero attached hydrogens (tertiary/aromatic N) is 2. The van der Waals surface area contributed by atoms with Gasteiger partial charge in [-0.2, -0.15) is 0 Å². The van der Waals surface area contributed by atoms with Crippen molar-refractivity contribution >= 4 is 5.97 Å². The van der Waals surface area contributed by atoms with Gasteiger partial charge in [0.05, 0.1) is 0 Å². The van der Waals surface area contributed by atoms with E-state index in [-0.39, 0.29) is 17.3 Å². The first-order valence-corrected chi connectivity index (χ1v) is 4.65. The van der Waals surface area contributed by atoms with Gasteiger partial charge in [0.2, 0.25) is 0 Å². The zero-order chi connectivity index (χ0) is 12.3. The summed E-state index contributed by atoms with van der Waals surface area (Å²) in [7, 11) is 0. The Bertz CT molecular complexity index is 560. The maximum atomic E-state index is 13.3. The van der Waals surface area contributed by atoms with Gasteiger partial charge in [-0.25, -0.2) is 19.2 Å². The Labute approximate surface area is 95.5 Å². The zero-order valence-corrected chi connectivity index (χ0v) is 8.50. The van der Waals surface area contributed by atoms with E-state index < -0.39 is 11.8 Å². The topological polar surface area (TPSA) is 72.3 Å². The van der Waals surface area contributed by atoms with Crippen LogP contribution in [0.25, 0.3) is 0 Å². The number of ether oxygens (including phenoxy) is 1. The summed E-state index contributed by atoms with van der Waals surface area (Å²) in [5.41, 5.74) is -0.294. The highest BCUT2D eigenvalue weighted by Crippen LogP contribution is 2.23. The number of carbonyl (C=O) groups is 1. The van der Waals surface area contributed by atoms with Gasteiger partial charge >= 0.3 is 5.97 Å². The Kier molecular flexibility index (Phi) is 2.95. The average molecular weight is 234 g/mol. The largest absolute Gasteiger partial charge is 0.476 e. The SMILES string of the molecule is O=C(O)c1ncccc1Oc1ncccc1F. The van der Waals surface area contributed by atoms with E-state index in [2.05, 4.69) is 9.97 Å². The fourth-order valence-corrected chi connectivity index (χ4v) is 1.18. The molecule has 0 fully saturated rings. The van der Waals surface area contributed by atoms with E-state index in [1.54, 1.807) is 0 Å². The van der Waals surface area contributed by atoms with Crippen LogP contribution in [0.15, 0.2) is 36.7 Å². The van der Waals surface area contributed by atoms with Gasteiger partial charge in [0.15, 0.2) is 17.3 Å². The van der Waals surface area contributed by atoms with Crippen molar-refractivity contribution in [3.8, 4) is 11.6 Å². The molecule has 0 radical (unpaired) electrons. The molecule has 0 aliphatic rings. The molecular weight excluding hydrogens is 227 g/mol. The molecule has 0 spiro atoms. The highest BCUT2D eigenvalue weighted by Gasteiger charge is 2.14. The standard InChI is InChI=1S/C11H7FN2O3/c12-7-3-1-6-14-10(7)17-8-4-2-5-13-9(8)11(15)16/h1-6H,(H,15,16). The molecule has 0 aliphatic carbocycles. The van der Waals surface area contributed by atoms with Crippen molar-refractivity contribution < 1.29 is 19.0 Å². The minimum absolute atomic E-state index is 0.0578. The molecular formula is C11H7FN2O3. The monoisotopic (exact) mass is 234 g/mol. The van der Waals surface area contributed by atoms with Gasteiger partial charge in [-0.15, -0.1) is 0 Å². The average Bonchev–Trinajstić information content (AvgIpc) is 2.32. The lowest BCUT2D eigenvalue weighted by atomic mass is 10.3. The fraction of sp³-hybridized carbons (Fsp3) is 0. The van der Waals surface area contributed by atoms with Crippen LogP contribution in [0.5, 0.6) is 11.6 Å². The minimum Gasteiger partial charge on any atom is -0.476 e. The Hall–Kier alpha value is -2.50. The molecule has 2 aromatic rings. The lowest BCUT2D eigenvalue weighted by molar-refractivity contribution is 0.0687. The van der Waals surface area contributed by atoms with Gasteiger partial charge < -0.3 is 9.84 Å². The van der Waals surface area contributed by atoms with Crippen molar-refractivity contribution in [1.82, 2.24) is 9.97 Å². The summed E-state index contributed by atoms with van der Waals surface area (Å²) in [5, 5.41) is 8.86. The van der Waals surface area contributed by atoms with Crippen molar-refractivity contribution in [3.05, 3.63) is 48.2 Å². The van der Waals surface area contributed by atoms with E-state index in [1.807, 2.05) is 0 Å². The molecule has 0 amide bonds. The van der Waals surface area contributed by atoms with E-state index in [4.69, 9.17) is 9.84 Å². The predicted molar refractivity (Wildman–Crippen MR) is 55.5 cm³/mol.